The number of aliphatic hydroxyl groups excluding tert-OH is 1. The Morgan fingerprint density at radius 2 is 2.06 bits per heavy atom. The summed E-state index contributed by atoms with van der Waals surface area (Å²) in [7, 11) is 0. The predicted octanol–water partition coefficient (Wildman–Crippen LogP) is 1.42. The van der Waals surface area contributed by atoms with E-state index >= 15 is 0 Å². The maximum Gasteiger partial charge on any atom is 0.146 e. The molecular formula is C12H17FN2O. The molecule has 3 N–H and O–H groups in total. The highest BCUT2D eigenvalue weighted by Crippen LogP contribution is 2.25. The Kier molecular flexibility index (Phi) is 3.41. The quantitative estimate of drug-likeness (QED) is 0.816. The molecule has 1 fully saturated rings. The minimum Gasteiger partial charge on any atom is -0.394 e. The minimum absolute atomic E-state index is 0.164. The van der Waals surface area contributed by atoms with Gasteiger partial charge in [0.25, 0.3) is 0 Å². The molecule has 4 heteroatoms. The highest BCUT2D eigenvalue weighted by Gasteiger charge is 2.17. The summed E-state index contributed by atoms with van der Waals surface area (Å²) in [6.07, 6.45) is 2.24. The second-order valence-corrected chi connectivity index (χ2v) is 4.19. The molecule has 0 amide bonds. The van der Waals surface area contributed by atoms with Gasteiger partial charge in [-0.3, -0.25) is 0 Å². The molecule has 1 heterocycles. The van der Waals surface area contributed by atoms with Gasteiger partial charge in [0.2, 0.25) is 0 Å². The second-order valence-electron chi connectivity index (χ2n) is 4.19. The van der Waals surface area contributed by atoms with Crippen LogP contribution in [0.25, 0.3) is 0 Å². The summed E-state index contributed by atoms with van der Waals surface area (Å²) in [5.74, 6) is -0.247. The fourth-order valence-electron chi connectivity index (χ4n) is 2.07. The van der Waals surface area contributed by atoms with E-state index in [4.69, 9.17) is 10.8 Å². The van der Waals surface area contributed by atoms with Gasteiger partial charge in [0, 0.05) is 13.1 Å². The molecule has 1 aromatic rings. The fraction of sp³-hybridized carbons (Fsp3) is 0.500. The molecule has 1 atom stereocenters. The highest BCUT2D eigenvalue weighted by molar-refractivity contribution is 5.50. The molecule has 0 aliphatic carbocycles. The summed E-state index contributed by atoms with van der Waals surface area (Å²) in [6.45, 7) is 1.67. The zero-order chi connectivity index (χ0) is 11.5. The van der Waals surface area contributed by atoms with Crippen LogP contribution in [0.15, 0.2) is 18.2 Å². The smallest absolute Gasteiger partial charge is 0.146 e. The molecule has 1 aromatic carbocycles. The van der Waals surface area contributed by atoms with E-state index in [0.717, 1.165) is 25.9 Å². The molecule has 0 radical (unpaired) electrons. The zero-order valence-corrected chi connectivity index (χ0v) is 9.19. The Bertz CT molecular complexity index is 364. The number of anilines is 1. The molecular weight excluding hydrogens is 207 g/mol. The summed E-state index contributed by atoms with van der Waals surface area (Å²) in [4.78, 5) is 2.05. The van der Waals surface area contributed by atoms with Crippen LogP contribution in [0.5, 0.6) is 0 Å². The third-order valence-electron chi connectivity index (χ3n) is 3.04. The summed E-state index contributed by atoms with van der Waals surface area (Å²) in [5, 5.41) is 8.90. The highest BCUT2D eigenvalue weighted by atomic mass is 19.1. The molecule has 0 bridgehead atoms. The van der Waals surface area contributed by atoms with Gasteiger partial charge < -0.3 is 15.7 Å². The third-order valence-corrected chi connectivity index (χ3v) is 3.04. The van der Waals surface area contributed by atoms with E-state index in [1.165, 1.54) is 6.07 Å². The SMILES string of the molecule is N[C@@H](CO)c1ccc(N2CCCC2)c(F)c1. The molecule has 0 aromatic heterocycles. The predicted molar refractivity (Wildman–Crippen MR) is 61.9 cm³/mol. The van der Waals surface area contributed by atoms with Gasteiger partial charge in [-0.05, 0) is 30.5 Å². The van der Waals surface area contributed by atoms with Gasteiger partial charge in [-0.15, -0.1) is 0 Å². The van der Waals surface area contributed by atoms with Crippen molar-refractivity contribution in [2.24, 2.45) is 5.73 Å². The van der Waals surface area contributed by atoms with Crippen LogP contribution >= 0.6 is 0 Å². The largest absolute Gasteiger partial charge is 0.394 e. The first-order valence-electron chi connectivity index (χ1n) is 5.63. The van der Waals surface area contributed by atoms with E-state index in [9.17, 15) is 4.39 Å². The fourth-order valence-corrected chi connectivity index (χ4v) is 2.07. The first-order valence-corrected chi connectivity index (χ1v) is 5.63. The van der Waals surface area contributed by atoms with Crippen molar-refractivity contribution in [2.75, 3.05) is 24.6 Å². The normalized spacial score (nSPS) is 17.8. The topological polar surface area (TPSA) is 49.5 Å². The van der Waals surface area contributed by atoms with Crippen LogP contribution in [0.2, 0.25) is 0 Å². The summed E-state index contributed by atoms with van der Waals surface area (Å²) in [6, 6.07) is 4.47. The van der Waals surface area contributed by atoms with Gasteiger partial charge in [-0.2, -0.15) is 0 Å². The van der Waals surface area contributed by atoms with Gasteiger partial charge in [-0.25, -0.2) is 4.39 Å². The van der Waals surface area contributed by atoms with Crippen LogP contribution in [0, 0.1) is 5.82 Å². The van der Waals surface area contributed by atoms with Crippen molar-refractivity contribution in [3.05, 3.63) is 29.6 Å². The first-order chi connectivity index (χ1) is 7.72. The number of benzene rings is 1. The number of halogens is 1. The first kappa shape index (κ1) is 11.4. The summed E-state index contributed by atoms with van der Waals surface area (Å²) in [5.41, 5.74) is 6.92. The average molecular weight is 224 g/mol. The molecule has 3 nitrogen and oxygen atoms in total. The molecule has 1 saturated heterocycles. The van der Waals surface area contributed by atoms with E-state index in [0.29, 0.717) is 11.3 Å². The molecule has 2 rings (SSSR count). The Hall–Kier alpha value is -1.13. The van der Waals surface area contributed by atoms with Gasteiger partial charge in [0.1, 0.15) is 5.82 Å². The van der Waals surface area contributed by atoms with E-state index in [1.807, 2.05) is 4.90 Å². The van der Waals surface area contributed by atoms with Gasteiger partial charge in [0.15, 0.2) is 0 Å². The molecule has 16 heavy (non-hydrogen) atoms. The van der Waals surface area contributed by atoms with Crippen LogP contribution < -0.4 is 10.6 Å². The lowest BCUT2D eigenvalue weighted by Gasteiger charge is -2.19. The van der Waals surface area contributed by atoms with E-state index < -0.39 is 6.04 Å². The standard InChI is InChI=1S/C12H17FN2O/c13-10-7-9(11(14)8-16)3-4-12(10)15-5-1-2-6-15/h3-4,7,11,16H,1-2,5-6,8,14H2/t11-/m0/s1. The Labute approximate surface area is 94.7 Å². The number of hydrogen-bond donors (Lipinski definition) is 2. The number of nitrogens with zero attached hydrogens (tertiary/aromatic N) is 1. The number of hydrogen-bond acceptors (Lipinski definition) is 3. The van der Waals surface area contributed by atoms with Gasteiger partial charge in [-0.1, -0.05) is 6.07 Å². The minimum atomic E-state index is -0.498. The van der Waals surface area contributed by atoms with Crippen LogP contribution in [0.3, 0.4) is 0 Å². The van der Waals surface area contributed by atoms with Crippen LogP contribution in [-0.2, 0) is 0 Å². The number of nitrogens with two attached hydrogens (primary N) is 1. The molecule has 0 saturated carbocycles. The Morgan fingerprint density at radius 1 is 1.38 bits per heavy atom. The van der Waals surface area contributed by atoms with Gasteiger partial charge >= 0.3 is 0 Å². The maximum atomic E-state index is 13.8. The second kappa shape index (κ2) is 4.80. The lowest BCUT2D eigenvalue weighted by Crippen LogP contribution is -2.20. The van der Waals surface area contributed by atoms with Crippen molar-refractivity contribution in [1.29, 1.82) is 0 Å². The molecule has 88 valence electrons. The Morgan fingerprint density at radius 3 is 2.62 bits per heavy atom. The number of rotatable bonds is 3. The van der Waals surface area contributed by atoms with Crippen molar-refractivity contribution in [3.8, 4) is 0 Å². The van der Waals surface area contributed by atoms with E-state index in [2.05, 4.69) is 0 Å². The summed E-state index contributed by atoms with van der Waals surface area (Å²) >= 11 is 0. The Balaban J connectivity index is 2.22. The average Bonchev–Trinajstić information content (AvgIpc) is 2.81. The lowest BCUT2D eigenvalue weighted by atomic mass is 10.1. The van der Waals surface area contributed by atoms with Gasteiger partial charge in [0.05, 0.1) is 18.3 Å². The third kappa shape index (κ3) is 2.18. The van der Waals surface area contributed by atoms with Crippen LogP contribution in [-0.4, -0.2) is 24.8 Å². The molecule has 1 aliphatic heterocycles. The van der Waals surface area contributed by atoms with Crippen molar-refractivity contribution < 1.29 is 9.50 Å². The zero-order valence-electron chi connectivity index (χ0n) is 9.19. The molecule has 0 spiro atoms. The van der Waals surface area contributed by atoms with Crippen molar-refractivity contribution in [1.82, 2.24) is 0 Å². The lowest BCUT2D eigenvalue weighted by molar-refractivity contribution is 0.268. The van der Waals surface area contributed by atoms with E-state index in [-0.39, 0.29) is 12.4 Å². The molecule has 0 unspecified atom stereocenters. The number of aliphatic hydroxyl groups is 1. The van der Waals surface area contributed by atoms with Crippen molar-refractivity contribution in [3.63, 3.8) is 0 Å². The molecule has 1 aliphatic rings. The summed E-state index contributed by atoms with van der Waals surface area (Å²) < 4.78 is 13.8. The van der Waals surface area contributed by atoms with Crippen molar-refractivity contribution in [2.45, 2.75) is 18.9 Å². The van der Waals surface area contributed by atoms with Crippen molar-refractivity contribution >= 4 is 5.69 Å². The van der Waals surface area contributed by atoms with Crippen LogP contribution in [0.1, 0.15) is 24.4 Å². The maximum absolute atomic E-state index is 13.8. The van der Waals surface area contributed by atoms with E-state index in [1.54, 1.807) is 12.1 Å². The van der Waals surface area contributed by atoms with Crippen LogP contribution in [0.4, 0.5) is 10.1 Å². The monoisotopic (exact) mass is 224 g/mol.